The van der Waals surface area contributed by atoms with E-state index in [1.54, 1.807) is 0 Å². The molecule has 1 aromatic carbocycles. The maximum absolute atomic E-state index is 11.1. The second-order valence-corrected chi connectivity index (χ2v) is 4.36. The van der Waals surface area contributed by atoms with Gasteiger partial charge in [-0.25, -0.2) is 4.79 Å². The lowest BCUT2D eigenvalue weighted by Gasteiger charge is -2.29. The minimum atomic E-state index is -1.07. The highest BCUT2D eigenvalue weighted by molar-refractivity contribution is 5.85. The van der Waals surface area contributed by atoms with Crippen molar-refractivity contribution in [2.45, 2.75) is 25.5 Å². The molecule has 1 amide bonds. The van der Waals surface area contributed by atoms with E-state index < -0.39 is 18.1 Å². The standard InChI is InChI=1S/C13H15NO4/c1-8-4-2-3-5-9(8)6-10-12(13(16)17)14-11(15)7-18-10/h2-5,10,12H,6-7H2,1H3,(H,14,15)(H,16,17). The zero-order valence-corrected chi connectivity index (χ0v) is 10.1. The molecule has 18 heavy (non-hydrogen) atoms. The van der Waals surface area contributed by atoms with E-state index in [0.717, 1.165) is 11.1 Å². The van der Waals surface area contributed by atoms with Crippen LogP contribution < -0.4 is 5.32 Å². The van der Waals surface area contributed by atoms with Gasteiger partial charge in [0, 0.05) is 6.42 Å². The summed E-state index contributed by atoms with van der Waals surface area (Å²) in [5.41, 5.74) is 2.12. The Bertz CT molecular complexity index is 472. The molecule has 96 valence electrons. The van der Waals surface area contributed by atoms with Crippen LogP contribution in [-0.4, -0.2) is 35.7 Å². The summed E-state index contributed by atoms with van der Waals surface area (Å²) in [7, 11) is 0. The van der Waals surface area contributed by atoms with Crippen molar-refractivity contribution in [2.24, 2.45) is 0 Å². The van der Waals surface area contributed by atoms with Gasteiger partial charge >= 0.3 is 5.97 Å². The number of carboxylic acids is 1. The topological polar surface area (TPSA) is 75.6 Å². The first-order valence-electron chi connectivity index (χ1n) is 5.76. The van der Waals surface area contributed by atoms with Crippen molar-refractivity contribution >= 4 is 11.9 Å². The number of amides is 1. The second-order valence-electron chi connectivity index (χ2n) is 4.36. The van der Waals surface area contributed by atoms with Gasteiger partial charge in [-0.1, -0.05) is 24.3 Å². The van der Waals surface area contributed by atoms with Crippen molar-refractivity contribution in [1.29, 1.82) is 0 Å². The molecule has 1 fully saturated rings. The molecular weight excluding hydrogens is 234 g/mol. The maximum atomic E-state index is 11.1. The molecule has 0 bridgehead atoms. The molecule has 5 nitrogen and oxygen atoms in total. The van der Waals surface area contributed by atoms with Crippen molar-refractivity contribution in [3.63, 3.8) is 0 Å². The van der Waals surface area contributed by atoms with Crippen LogP contribution in [0.3, 0.4) is 0 Å². The van der Waals surface area contributed by atoms with E-state index in [1.165, 1.54) is 0 Å². The molecule has 2 rings (SSSR count). The quantitative estimate of drug-likeness (QED) is 0.818. The fourth-order valence-corrected chi connectivity index (χ4v) is 2.04. The summed E-state index contributed by atoms with van der Waals surface area (Å²) in [5.74, 6) is -1.45. The molecule has 1 aliphatic heterocycles. The smallest absolute Gasteiger partial charge is 0.328 e. The predicted molar refractivity (Wildman–Crippen MR) is 64.2 cm³/mol. The van der Waals surface area contributed by atoms with Gasteiger partial charge in [-0.15, -0.1) is 0 Å². The van der Waals surface area contributed by atoms with Crippen molar-refractivity contribution in [3.8, 4) is 0 Å². The number of aliphatic carboxylic acids is 1. The number of morpholine rings is 1. The van der Waals surface area contributed by atoms with Crippen LogP contribution in [0.15, 0.2) is 24.3 Å². The number of benzene rings is 1. The zero-order chi connectivity index (χ0) is 13.1. The molecule has 0 aromatic heterocycles. The van der Waals surface area contributed by atoms with Crippen LogP contribution in [0.2, 0.25) is 0 Å². The highest BCUT2D eigenvalue weighted by Gasteiger charge is 2.35. The van der Waals surface area contributed by atoms with Gasteiger partial charge in [0.05, 0.1) is 6.10 Å². The fraction of sp³-hybridized carbons (Fsp3) is 0.385. The Morgan fingerprint density at radius 3 is 2.89 bits per heavy atom. The third-order valence-corrected chi connectivity index (χ3v) is 3.07. The molecule has 1 saturated heterocycles. The first kappa shape index (κ1) is 12.6. The Hall–Kier alpha value is -1.88. The largest absolute Gasteiger partial charge is 0.480 e. The van der Waals surface area contributed by atoms with Crippen molar-refractivity contribution in [1.82, 2.24) is 5.32 Å². The van der Waals surface area contributed by atoms with E-state index in [0.29, 0.717) is 6.42 Å². The summed E-state index contributed by atoms with van der Waals surface area (Å²) in [5, 5.41) is 11.5. The molecule has 0 spiro atoms. The summed E-state index contributed by atoms with van der Waals surface area (Å²) in [6.07, 6.45) is -0.0505. The number of ether oxygens (including phenoxy) is 1. The highest BCUT2D eigenvalue weighted by atomic mass is 16.5. The van der Waals surface area contributed by atoms with Crippen LogP contribution in [0.4, 0.5) is 0 Å². The Kier molecular flexibility index (Phi) is 3.62. The number of carbonyl (C=O) groups is 2. The average Bonchev–Trinajstić information content (AvgIpc) is 2.34. The summed E-state index contributed by atoms with van der Waals surface area (Å²) < 4.78 is 5.33. The highest BCUT2D eigenvalue weighted by Crippen LogP contribution is 2.16. The Labute approximate surface area is 105 Å². The summed E-state index contributed by atoms with van der Waals surface area (Å²) >= 11 is 0. The van der Waals surface area contributed by atoms with Gasteiger partial charge in [-0.3, -0.25) is 4.79 Å². The molecule has 2 atom stereocenters. The molecular formula is C13H15NO4. The van der Waals surface area contributed by atoms with Gasteiger partial charge in [0.15, 0.2) is 6.04 Å². The first-order chi connectivity index (χ1) is 8.58. The maximum Gasteiger partial charge on any atom is 0.328 e. The van der Waals surface area contributed by atoms with Crippen molar-refractivity contribution in [2.75, 3.05) is 6.61 Å². The third-order valence-electron chi connectivity index (χ3n) is 3.07. The minimum Gasteiger partial charge on any atom is -0.480 e. The number of hydrogen-bond acceptors (Lipinski definition) is 3. The summed E-state index contributed by atoms with van der Waals surface area (Å²) in [6, 6.07) is 6.75. The van der Waals surface area contributed by atoms with Crippen LogP contribution in [0.25, 0.3) is 0 Å². The van der Waals surface area contributed by atoms with Gasteiger partial charge in [-0.05, 0) is 18.1 Å². The van der Waals surface area contributed by atoms with Gasteiger partial charge in [0.2, 0.25) is 5.91 Å². The van der Waals surface area contributed by atoms with Gasteiger partial charge in [0.1, 0.15) is 6.61 Å². The number of carbonyl (C=O) groups excluding carboxylic acids is 1. The normalized spacial score (nSPS) is 23.5. The lowest BCUT2D eigenvalue weighted by molar-refractivity contribution is -0.154. The van der Waals surface area contributed by atoms with Crippen LogP contribution >= 0.6 is 0 Å². The molecule has 2 N–H and O–H groups in total. The summed E-state index contributed by atoms with van der Waals surface area (Å²) in [6.45, 7) is 1.88. The number of hydrogen-bond donors (Lipinski definition) is 2. The van der Waals surface area contributed by atoms with E-state index in [2.05, 4.69) is 5.32 Å². The predicted octanol–water partition coefficient (Wildman–Crippen LogP) is 0.506. The fourth-order valence-electron chi connectivity index (χ4n) is 2.04. The molecule has 0 radical (unpaired) electrons. The minimum absolute atomic E-state index is 0.0830. The zero-order valence-electron chi connectivity index (χ0n) is 10.1. The SMILES string of the molecule is Cc1ccccc1CC1OCC(=O)NC1C(=O)O. The van der Waals surface area contributed by atoms with Crippen LogP contribution in [0.5, 0.6) is 0 Å². The number of nitrogens with one attached hydrogen (secondary N) is 1. The molecule has 0 aliphatic carbocycles. The second kappa shape index (κ2) is 5.18. The molecule has 5 heteroatoms. The summed E-state index contributed by atoms with van der Waals surface area (Å²) in [4.78, 5) is 22.2. The van der Waals surface area contributed by atoms with Crippen molar-refractivity contribution < 1.29 is 19.4 Å². The van der Waals surface area contributed by atoms with Gasteiger partial charge < -0.3 is 15.2 Å². The lowest BCUT2D eigenvalue weighted by Crippen LogP contribution is -2.56. The molecule has 1 heterocycles. The Morgan fingerprint density at radius 2 is 2.22 bits per heavy atom. The van der Waals surface area contributed by atoms with E-state index in [4.69, 9.17) is 9.84 Å². The molecule has 1 aromatic rings. The van der Waals surface area contributed by atoms with Gasteiger partial charge in [0.25, 0.3) is 0 Å². The van der Waals surface area contributed by atoms with E-state index in [9.17, 15) is 9.59 Å². The average molecular weight is 249 g/mol. The first-order valence-corrected chi connectivity index (χ1v) is 5.76. The van der Waals surface area contributed by atoms with E-state index in [1.807, 2.05) is 31.2 Å². The molecule has 2 unspecified atom stereocenters. The number of aryl methyl sites for hydroxylation is 1. The third kappa shape index (κ3) is 2.68. The van der Waals surface area contributed by atoms with Crippen LogP contribution in [-0.2, 0) is 20.7 Å². The van der Waals surface area contributed by atoms with E-state index in [-0.39, 0.29) is 12.5 Å². The number of carboxylic acid groups (broad SMARTS) is 1. The van der Waals surface area contributed by atoms with Crippen LogP contribution in [0.1, 0.15) is 11.1 Å². The Balaban J connectivity index is 2.14. The molecule has 1 aliphatic rings. The Morgan fingerprint density at radius 1 is 1.50 bits per heavy atom. The van der Waals surface area contributed by atoms with Crippen LogP contribution in [0, 0.1) is 6.92 Å². The van der Waals surface area contributed by atoms with Crippen molar-refractivity contribution in [3.05, 3.63) is 35.4 Å². The van der Waals surface area contributed by atoms with Gasteiger partial charge in [-0.2, -0.15) is 0 Å². The van der Waals surface area contributed by atoms with E-state index >= 15 is 0 Å². The monoisotopic (exact) mass is 249 g/mol. The lowest BCUT2D eigenvalue weighted by atomic mass is 9.97. The molecule has 0 saturated carbocycles. The number of rotatable bonds is 3.